The lowest BCUT2D eigenvalue weighted by molar-refractivity contribution is 0.0922. The van der Waals surface area contributed by atoms with Crippen LogP contribution < -0.4 is 20.1 Å². The Morgan fingerprint density at radius 3 is 2.58 bits per heavy atom. The van der Waals surface area contributed by atoms with E-state index in [9.17, 15) is 4.79 Å². The van der Waals surface area contributed by atoms with Crippen LogP contribution >= 0.6 is 24.0 Å². The fourth-order valence-electron chi connectivity index (χ4n) is 2.84. The molecular weight excluding hydrogens is 375 g/mol. The number of hydrogen-bond donors (Lipinski definition) is 2. The molecule has 1 aliphatic rings. The highest BCUT2D eigenvalue weighted by Gasteiger charge is 2.27. The molecule has 1 fully saturated rings. The van der Waals surface area contributed by atoms with E-state index in [1.165, 1.54) is 0 Å². The van der Waals surface area contributed by atoms with E-state index in [4.69, 9.17) is 21.1 Å². The van der Waals surface area contributed by atoms with Crippen LogP contribution in [0.25, 0.3) is 0 Å². The summed E-state index contributed by atoms with van der Waals surface area (Å²) in [5.74, 6) is 1.19. The number of halogens is 2. The van der Waals surface area contributed by atoms with Crippen molar-refractivity contribution < 1.29 is 14.3 Å². The second-order valence-electron chi connectivity index (χ2n) is 7.44. The maximum absolute atomic E-state index is 12.5. The molecular formula is C19H30Cl2N2O3. The summed E-state index contributed by atoms with van der Waals surface area (Å²) in [6, 6.07) is 3.32. The van der Waals surface area contributed by atoms with E-state index in [0.717, 1.165) is 25.9 Å². The molecule has 148 valence electrons. The normalized spacial score (nSPS) is 15.9. The van der Waals surface area contributed by atoms with Crippen molar-refractivity contribution >= 4 is 29.9 Å². The lowest BCUT2D eigenvalue weighted by Gasteiger charge is -2.34. The maximum atomic E-state index is 12.5. The van der Waals surface area contributed by atoms with E-state index < -0.39 is 0 Å². The van der Waals surface area contributed by atoms with Gasteiger partial charge in [0, 0.05) is 12.1 Å². The molecule has 0 aliphatic carbocycles. The minimum atomic E-state index is -0.143. The molecule has 0 bridgehead atoms. The highest BCUT2D eigenvalue weighted by Crippen LogP contribution is 2.37. The summed E-state index contributed by atoms with van der Waals surface area (Å²) < 4.78 is 11.1. The summed E-state index contributed by atoms with van der Waals surface area (Å²) >= 11 is 6.32. The van der Waals surface area contributed by atoms with E-state index in [1.54, 1.807) is 19.2 Å². The first-order valence-electron chi connectivity index (χ1n) is 8.84. The van der Waals surface area contributed by atoms with Crippen LogP contribution in [-0.2, 0) is 0 Å². The third-order valence-electron chi connectivity index (χ3n) is 4.54. The van der Waals surface area contributed by atoms with E-state index in [1.807, 2.05) is 0 Å². The summed E-state index contributed by atoms with van der Waals surface area (Å²) in [5, 5.41) is 6.77. The standard InChI is InChI=1S/C19H29ClN2O3.ClH/c1-13(2)11-25-17-15(20)9-14(10-16(17)24-4)18(23)22-12-19(3)5-7-21-8-6-19;/h9-10,13,21H,5-8,11-12H2,1-4H3,(H,22,23);1H. The smallest absolute Gasteiger partial charge is 0.251 e. The Morgan fingerprint density at radius 1 is 1.35 bits per heavy atom. The average molecular weight is 405 g/mol. The maximum Gasteiger partial charge on any atom is 0.251 e. The first kappa shape index (κ1) is 22.9. The van der Waals surface area contributed by atoms with Gasteiger partial charge in [-0.15, -0.1) is 12.4 Å². The minimum Gasteiger partial charge on any atom is -0.493 e. The van der Waals surface area contributed by atoms with Crippen molar-refractivity contribution in [2.45, 2.75) is 33.6 Å². The molecule has 0 spiro atoms. The number of rotatable bonds is 7. The van der Waals surface area contributed by atoms with Gasteiger partial charge in [-0.1, -0.05) is 32.4 Å². The summed E-state index contributed by atoms with van der Waals surface area (Å²) in [6.07, 6.45) is 2.11. The second-order valence-corrected chi connectivity index (χ2v) is 7.84. The molecule has 0 radical (unpaired) electrons. The number of amides is 1. The van der Waals surface area contributed by atoms with Crippen LogP contribution in [0.1, 0.15) is 44.0 Å². The molecule has 2 N–H and O–H groups in total. The lowest BCUT2D eigenvalue weighted by Crippen LogP contribution is -2.42. The molecule has 5 nitrogen and oxygen atoms in total. The van der Waals surface area contributed by atoms with Crippen LogP contribution in [0, 0.1) is 11.3 Å². The predicted molar refractivity (Wildman–Crippen MR) is 108 cm³/mol. The zero-order valence-corrected chi connectivity index (χ0v) is 17.6. The fraction of sp³-hybridized carbons (Fsp3) is 0.632. The van der Waals surface area contributed by atoms with Crippen LogP contribution in [0.5, 0.6) is 11.5 Å². The Morgan fingerprint density at radius 2 is 2.00 bits per heavy atom. The Kier molecular flexibility index (Phi) is 9.01. The number of piperidine rings is 1. The molecule has 2 rings (SSSR count). The molecule has 1 amide bonds. The van der Waals surface area contributed by atoms with Crippen LogP contribution in [-0.4, -0.2) is 39.3 Å². The predicted octanol–water partition coefficient (Wildman–Crippen LogP) is 3.92. The van der Waals surface area contributed by atoms with Gasteiger partial charge in [0.1, 0.15) is 0 Å². The number of methoxy groups -OCH3 is 1. The Balaban J connectivity index is 0.00000338. The number of carbonyl (C=O) groups excluding carboxylic acids is 1. The Hall–Kier alpha value is -1.17. The van der Waals surface area contributed by atoms with Crippen molar-refractivity contribution in [3.05, 3.63) is 22.7 Å². The van der Waals surface area contributed by atoms with Crippen molar-refractivity contribution in [1.82, 2.24) is 10.6 Å². The SMILES string of the molecule is COc1cc(C(=O)NCC2(C)CCNCC2)cc(Cl)c1OCC(C)C.Cl. The molecule has 1 aromatic carbocycles. The summed E-state index contributed by atoms with van der Waals surface area (Å²) in [5.41, 5.74) is 0.617. The molecule has 0 saturated carbocycles. The second kappa shape index (κ2) is 10.2. The third-order valence-corrected chi connectivity index (χ3v) is 4.82. The largest absolute Gasteiger partial charge is 0.493 e. The number of ether oxygens (including phenoxy) is 2. The molecule has 0 aromatic heterocycles. The van der Waals surface area contributed by atoms with E-state index in [2.05, 4.69) is 31.4 Å². The molecule has 0 atom stereocenters. The van der Waals surface area contributed by atoms with Gasteiger partial charge in [-0.05, 0) is 49.4 Å². The quantitative estimate of drug-likeness (QED) is 0.722. The van der Waals surface area contributed by atoms with Crippen molar-refractivity contribution in [1.29, 1.82) is 0 Å². The average Bonchev–Trinajstić information content (AvgIpc) is 2.58. The molecule has 1 aliphatic heterocycles. The molecule has 1 heterocycles. The number of benzene rings is 1. The van der Waals surface area contributed by atoms with Crippen LogP contribution in [0.2, 0.25) is 5.02 Å². The van der Waals surface area contributed by atoms with Crippen LogP contribution in [0.15, 0.2) is 12.1 Å². The van der Waals surface area contributed by atoms with Gasteiger partial charge in [-0.3, -0.25) is 4.79 Å². The number of nitrogens with one attached hydrogen (secondary N) is 2. The molecule has 1 saturated heterocycles. The van der Waals surface area contributed by atoms with Gasteiger partial charge in [0.05, 0.1) is 18.7 Å². The van der Waals surface area contributed by atoms with Crippen LogP contribution in [0.3, 0.4) is 0 Å². The van der Waals surface area contributed by atoms with Gasteiger partial charge in [-0.2, -0.15) is 0 Å². The molecule has 26 heavy (non-hydrogen) atoms. The number of hydrogen-bond acceptors (Lipinski definition) is 4. The van der Waals surface area contributed by atoms with Crippen molar-refractivity contribution in [2.75, 3.05) is 33.4 Å². The van der Waals surface area contributed by atoms with Gasteiger partial charge in [0.2, 0.25) is 0 Å². The first-order chi connectivity index (χ1) is 11.8. The van der Waals surface area contributed by atoms with Crippen LogP contribution in [0.4, 0.5) is 0 Å². The van der Waals surface area contributed by atoms with Gasteiger partial charge in [0.25, 0.3) is 5.91 Å². The highest BCUT2D eigenvalue weighted by atomic mass is 35.5. The Bertz CT molecular complexity index is 603. The van der Waals surface area contributed by atoms with E-state index in [0.29, 0.717) is 41.2 Å². The van der Waals surface area contributed by atoms with E-state index in [-0.39, 0.29) is 23.7 Å². The van der Waals surface area contributed by atoms with Crippen molar-refractivity contribution in [3.8, 4) is 11.5 Å². The van der Waals surface area contributed by atoms with Crippen molar-refractivity contribution in [3.63, 3.8) is 0 Å². The first-order valence-corrected chi connectivity index (χ1v) is 9.22. The minimum absolute atomic E-state index is 0. The van der Waals surface area contributed by atoms with Gasteiger partial charge in [-0.25, -0.2) is 0 Å². The fourth-order valence-corrected chi connectivity index (χ4v) is 3.11. The highest BCUT2D eigenvalue weighted by molar-refractivity contribution is 6.32. The summed E-state index contributed by atoms with van der Waals surface area (Å²) in [4.78, 5) is 12.5. The van der Waals surface area contributed by atoms with Gasteiger partial charge < -0.3 is 20.1 Å². The summed E-state index contributed by atoms with van der Waals surface area (Å²) in [6.45, 7) is 9.51. The molecule has 1 aromatic rings. The third kappa shape index (κ3) is 6.22. The monoisotopic (exact) mass is 404 g/mol. The molecule has 7 heteroatoms. The number of carbonyl (C=O) groups is 1. The lowest BCUT2D eigenvalue weighted by atomic mass is 9.81. The Labute approximate surface area is 167 Å². The zero-order valence-electron chi connectivity index (χ0n) is 16.0. The molecule has 0 unspecified atom stereocenters. The van der Waals surface area contributed by atoms with Crippen molar-refractivity contribution in [2.24, 2.45) is 11.3 Å². The van der Waals surface area contributed by atoms with E-state index >= 15 is 0 Å². The van der Waals surface area contributed by atoms with Gasteiger partial charge >= 0.3 is 0 Å². The topological polar surface area (TPSA) is 59.6 Å². The summed E-state index contributed by atoms with van der Waals surface area (Å²) in [7, 11) is 1.55. The van der Waals surface area contributed by atoms with Gasteiger partial charge in [0.15, 0.2) is 11.5 Å². The zero-order chi connectivity index (χ0) is 18.4.